The zero-order valence-electron chi connectivity index (χ0n) is 13.3. The fraction of sp³-hybridized carbons (Fsp3) is 0.421. The van der Waals surface area contributed by atoms with Gasteiger partial charge in [-0.05, 0) is 24.5 Å². The standard InChI is InChI=1S/C19H25NO/c1-4-10-15(5-2)19(21-3)18-14-9-13-17(20-18)16-11-7-6-8-12-16/h6-9,11-15,19H,4-5,10H2,1-3H3. The van der Waals surface area contributed by atoms with E-state index in [1.165, 1.54) is 12.8 Å². The topological polar surface area (TPSA) is 22.1 Å². The van der Waals surface area contributed by atoms with Gasteiger partial charge in [0, 0.05) is 12.7 Å². The average molecular weight is 283 g/mol. The van der Waals surface area contributed by atoms with Crippen molar-refractivity contribution >= 4 is 0 Å². The van der Waals surface area contributed by atoms with E-state index < -0.39 is 0 Å². The number of ether oxygens (including phenoxy) is 1. The predicted octanol–water partition coefficient (Wildman–Crippen LogP) is 5.26. The molecule has 0 amide bonds. The highest BCUT2D eigenvalue weighted by atomic mass is 16.5. The Morgan fingerprint density at radius 1 is 1.00 bits per heavy atom. The lowest BCUT2D eigenvalue weighted by Gasteiger charge is -2.24. The lowest BCUT2D eigenvalue weighted by Crippen LogP contribution is -2.15. The van der Waals surface area contributed by atoms with Crippen LogP contribution in [-0.4, -0.2) is 12.1 Å². The molecule has 2 aromatic rings. The van der Waals surface area contributed by atoms with Gasteiger partial charge in [-0.1, -0.05) is 63.1 Å². The molecule has 2 nitrogen and oxygen atoms in total. The van der Waals surface area contributed by atoms with Gasteiger partial charge >= 0.3 is 0 Å². The maximum absolute atomic E-state index is 5.77. The van der Waals surface area contributed by atoms with Crippen LogP contribution in [0, 0.1) is 5.92 Å². The van der Waals surface area contributed by atoms with Gasteiger partial charge in [-0.3, -0.25) is 4.98 Å². The van der Waals surface area contributed by atoms with E-state index in [9.17, 15) is 0 Å². The van der Waals surface area contributed by atoms with E-state index in [4.69, 9.17) is 9.72 Å². The second kappa shape index (κ2) is 7.94. The minimum Gasteiger partial charge on any atom is -0.375 e. The Balaban J connectivity index is 2.30. The molecule has 0 bridgehead atoms. The van der Waals surface area contributed by atoms with E-state index in [1.807, 2.05) is 18.2 Å². The van der Waals surface area contributed by atoms with Gasteiger partial charge in [0.25, 0.3) is 0 Å². The zero-order chi connectivity index (χ0) is 15.1. The molecule has 21 heavy (non-hydrogen) atoms. The second-order valence-corrected chi connectivity index (χ2v) is 5.43. The molecule has 1 aromatic carbocycles. The molecular formula is C19H25NO. The summed E-state index contributed by atoms with van der Waals surface area (Å²) < 4.78 is 5.77. The molecule has 2 unspecified atom stereocenters. The van der Waals surface area contributed by atoms with E-state index >= 15 is 0 Å². The van der Waals surface area contributed by atoms with E-state index in [0.29, 0.717) is 5.92 Å². The van der Waals surface area contributed by atoms with Gasteiger partial charge in [0.05, 0.1) is 11.4 Å². The molecule has 1 heterocycles. The Kier molecular flexibility index (Phi) is 5.94. The summed E-state index contributed by atoms with van der Waals surface area (Å²) in [6.45, 7) is 4.45. The molecule has 0 radical (unpaired) electrons. The van der Waals surface area contributed by atoms with Crippen LogP contribution in [0.4, 0.5) is 0 Å². The predicted molar refractivity (Wildman–Crippen MR) is 88.1 cm³/mol. The smallest absolute Gasteiger partial charge is 0.102 e. The van der Waals surface area contributed by atoms with Crippen LogP contribution in [0.15, 0.2) is 48.5 Å². The second-order valence-electron chi connectivity index (χ2n) is 5.43. The summed E-state index contributed by atoms with van der Waals surface area (Å²) in [5.74, 6) is 0.526. The van der Waals surface area contributed by atoms with E-state index in [-0.39, 0.29) is 6.10 Å². The fourth-order valence-electron chi connectivity index (χ4n) is 2.87. The van der Waals surface area contributed by atoms with Crippen molar-refractivity contribution in [3.63, 3.8) is 0 Å². The van der Waals surface area contributed by atoms with Crippen molar-refractivity contribution < 1.29 is 4.74 Å². The van der Waals surface area contributed by atoms with Gasteiger partial charge in [0.2, 0.25) is 0 Å². The molecule has 2 heteroatoms. The fourth-order valence-corrected chi connectivity index (χ4v) is 2.87. The van der Waals surface area contributed by atoms with Crippen molar-refractivity contribution in [2.24, 2.45) is 5.92 Å². The van der Waals surface area contributed by atoms with Gasteiger partial charge in [0.15, 0.2) is 0 Å². The van der Waals surface area contributed by atoms with E-state index in [0.717, 1.165) is 23.4 Å². The monoisotopic (exact) mass is 283 g/mol. The Morgan fingerprint density at radius 3 is 2.38 bits per heavy atom. The molecule has 0 N–H and O–H groups in total. The summed E-state index contributed by atoms with van der Waals surface area (Å²) in [6, 6.07) is 16.5. The van der Waals surface area contributed by atoms with Crippen LogP contribution in [0.5, 0.6) is 0 Å². The van der Waals surface area contributed by atoms with E-state index in [1.54, 1.807) is 7.11 Å². The van der Waals surface area contributed by atoms with Crippen molar-refractivity contribution in [2.75, 3.05) is 7.11 Å². The summed E-state index contributed by atoms with van der Waals surface area (Å²) in [4.78, 5) is 4.84. The maximum Gasteiger partial charge on any atom is 0.102 e. The molecule has 2 rings (SSSR count). The minimum absolute atomic E-state index is 0.0820. The van der Waals surface area contributed by atoms with Crippen molar-refractivity contribution in [1.29, 1.82) is 0 Å². The molecule has 112 valence electrons. The Hall–Kier alpha value is -1.67. The lowest BCUT2D eigenvalue weighted by molar-refractivity contribution is 0.0423. The summed E-state index contributed by atoms with van der Waals surface area (Å²) >= 11 is 0. The van der Waals surface area contributed by atoms with Crippen molar-refractivity contribution in [3.05, 3.63) is 54.2 Å². The number of methoxy groups -OCH3 is 1. The number of benzene rings is 1. The first-order valence-corrected chi connectivity index (χ1v) is 7.85. The first-order chi connectivity index (χ1) is 10.3. The van der Waals surface area contributed by atoms with Crippen LogP contribution in [0.1, 0.15) is 44.9 Å². The summed E-state index contributed by atoms with van der Waals surface area (Å²) in [7, 11) is 1.79. The summed E-state index contributed by atoms with van der Waals surface area (Å²) in [6.07, 6.45) is 3.55. The first kappa shape index (κ1) is 15.7. The molecule has 0 saturated heterocycles. The molecule has 0 spiro atoms. The van der Waals surface area contributed by atoms with Crippen LogP contribution in [0.3, 0.4) is 0 Å². The Bertz CT molecular complexity index is 538. The third-order valence-electron chi connectivity index (χ3n) is 4.00. The summed E-state index contributed by atoms with van der Waals surface area (Å²) in [5.41, 5.74) is 3.21. The Morgan fingerprint density at radius 2 is 1.76 bits per heavy atom. The van der Waals surface area contributed by atoms with Crippen LogP contribution < -0.4 is 0 Å². The number of aromatic nitrogens is 1. The van der Waals surface area contributed by atoms with Crippen LogP contribution in [0.2, 0.25) is 0 Å². The quantitative estimate of drug-likeness (QED) is 0.691. The Labute approximate surface area is 128 Å². The molecule has 1 aromatic heterocycles. The molecule has 0 aliphatic rings. The van der Waals surface area contributed by atoms with E-state index in [2.05, 4.69) is 44.2 Å². The van der Waals surface area contributed by atoms with Crippen molar-refractivity contribution in [1.82, 2.24) is 4.98 Å². The zero-order valence-corrected chi connectivity index (χ0v) is 13.3. The number of pyridine rings is 1. The molecular weight excluding hydrogens is 258 g/mol. The SMILES string of the molecule is CCCC(CC)C(OC)c1cccc(-c2ccccc2)n1. The van der Waals surface area contributed by atoms with Crippen LogP contribution in [0.25, 0.3) is 11.3 Å². The lowest BCUT2D eigenvalue weighted by atomic mass is 9.91. The van der Waals surface area contributed by atoms with Crippen molar-refractivity contribution in [2.45, 2.75) is 39.2 Å². The third-order valence-corrected chi connectivity index (χ3v) is 4.00. The number of hydrogen-bond acceptors (Lipinski definition) is 2. The molecule has 0 aliphatic carbocycles. The average Bonchev–Trinajstić information content (AvgIpc) is 2.56. The molecule has 0 aliphatic heterocycles. The largest absolute Gasteiger partial charge is 0.375 e. The van der Waals surface area contributed by atoms with Gasteiger partial charge < -0.3 is 4.74 Å². The third kappa shape index (κ3) is 3.92. The minimum atomic E-state index is 0.0820. The maximum atomic E-state index is 5.77. The molecule has 2 atom stereocenters. The van der Waals surface area contributed by atoms with Crippen molar-refractivity contribution in [3.8, 4) is 11.3 Å². The highest BCUT2D eigenvalue weighted by Crippen LogP contribution is 2.31. The molecule has 0 saturated carbocycles. The van der Waals surface area contributed by atoms with Gasteiger partial charge in [-0.2, -0.15) is 0 Å². The highest BCUT2D eigenvalue weighted by molar-refractivity contribution is 5.58. The summed E-state index contributed by atoms with van der Waals surface area (Å²) in [5, 5.41) is 0. The van der Waals surface area contributed by atoms with Crippen LogP contribution >= 0.6 is 0 Å². The number of nitrogens with zero attached hydrogens (tertiary/aromatic N) is 1. The molecule has 0 fully saturated rings. The number of hydrogen-bond donors (Lipinski definition) is 0. The normalized spacial score (nSPS) is 13.9. The van der Waals surface area contributed by atoms with Gasteiger partial charge in [-0.15, -0.1) is 0 Å². The number of rotatable bonds is 7. The highest BCUT2D eigenvalue weighted by Gasteiger charge is 2.22. The van der Waals surface area contributed by atoms with Gasteiger partial charge in [0.1, 0.15) is 6.10 Å². The van der Waals surface area contributed by atoms with Gasteiger partial charge in [-0.25, -0.2) is 0 Å². The first-order valence-electron chi connectivity index (χ1n) is 7.85. The van der Waals surface area contributed by atoms with Crippen LogP contribution in [-0.2, 0) is 4.74 Å².